The second kappa shape index (κ2) is 13.6. The van der Waals surface area contributed by atoms with E-state index in [1.807, 2.05) is 57.2 Å². The van der Waals surface area contributed by atoms with Gasteiger partial charge in [0, 0.05) is 19.5 Å². The van der Waals surface area contributed by atoms with Gasteiger partial charge in [0.1, 0.15) is 18.4 Å². The highest BCUT2D eigenvalue weighted by Crippen LogP contribution is 2.26. The number of amides is 2. The molecule has 40 heavy (non-hydrogen) atoms. The van der Waals surface area contributed by atoms with Crippen molar-refractivity contribution in [3.8, 4) is 0 Å². The predicted octanol–water partition coefficient (Wildman–Crippen LogP) is 4.62. The topological polar surface area (TPSA) is 86.8 Å². The molecule has 0 spiro atoms. The molecular weight excluding hydrogens is 529 g/mol. The number of hydrogen-bond donors (Lipinski definition) is 1. The number of nitrogens with one attached hydrogen (secondary N) is 1. The van der Waals surface area contributed by atoms with Gasteiger partial charge in [-0.2, -0.15) is 0 Å². The van der Waals surface area contributed by atoms with Gasteiger partial charge in [-0.05, 0) is 60.2 Å². The van der Waals surface area contributed by atoms with Crippen LogP contribution in [0.5, 0.6) is 0 Å². The van der Waals surface area contributed by atoms with E-state index < -0.39 is 34.3 Å². The number of halogens is 1. The van der Waals surface area contributed by atoms with Crippen LogP contribution in [0, 0.1) is 25.6 Å². The van der Waals surface area contributed by atoms with Crippen molar-refractivity contribution in [2.45, 2.75) is 46.7 Å². The predicted molar refractivity (Wildman–Crippen MR) is 157 cm³/mol. The van der Waals surface area contributed by atoms with Crippen LogP contribution in [0.2, 0.25) is 0 Å². The van der Waals surface area contributed by atoms with Gasteiger partial charge in [-0.25, -0.2) is 12.8 Å². The van der Waals surface area contributed by atoms with Gasteiger partial charge in [-0.3, -0.25) is 13.9 Å². The van der Waals surface area contributed by atoms with E-state index >= 15 is 0 Å². The Labute approximate surface area is 237 Å². The Kier molecular flexibility index (Phi) is 10.5. The summed E-state index contributed by atoms with van der Waals surface area (Å²) in [5.41, 5.74) is 3.49. The number of carbonyl (C=O) groups is 2. The van der Waals surface area contributed by atoms with E-state index in [-0.39, 0.29) is 24.8 Å². The molecule has 0 saturated carbocycles. The number of anilines is 1. The molecule has 3 aromatic carbocycles. The summed E-state index contributed by atoms with van der Waals surface area (Å²) in [7, 11) is -3.85. The lowest BCUT2D eigenvalue weighted by Crippen LogP contribution is -2.53. The fraction of sp³-hybridized carbons (Fsp3) is 0.355. The van der Waals surface area contributed by atoms with E-state index in [2.05, 4.69) is 5.32 Å². The molecule has 0 unspecified atom stereocenters. The van der Waals surface area contributed by atoms with E-state index in [1.165, 1.54) is 17.0 Å². The molecular formula is C31H38FN3O4S. The zero-order valence-electron chi connectivity index (χ0n) is 23.7. The van der Waals surface area contributed by atoms with Gasteiger partial charge in [0.2, 0.25) is 21.8 Å². The Morgan fingerprint density at radius 1 is 0.900 bits per heavy atom. The van der Waals surface area contributed by atoms with Crippen LogP contribution in [0.4, 0.5) is 10.1 Å². The molecule has 0 saturated heterocycles. The van der Waals surface area contributed by atoms with Crippen LogP contribution in [0.15, 0.2) is 72.8 Å². The van der Waals surface area contributed by atoms with Crippen LogP contribution >= 0.6 is 0 Å². The lowest BCUT2D eigenvalue weighted by atomic mass is 10.0. The van der Waals surface area contributed by atoms with E-state index in [1.54, 1.807) is 31.2 Å². The lowest BCUT2D eigenvalue weighted by Gasteiger charge is -2.34. The van der Waals surface area contributed by atoms with Crippen molar-refractivity contribution in [3.05, 3.63) is 101 Å². The highest BCUT2D eigenvalue weighted by molar-refractivity contribution is 7.92. The first-order chi connectivity index (χ1) is 18.9. The van der Waals surface area contributed by atoms with Gasteiger partial charge in [0.15, 0.2) is 0 Å². The Morgan fingerprint density at radius 2 is 1.55 bits per heavy atom. The standard InChI is InChI=1S/C31H38FN3O4S/c1-22(2)19-33-31(37)29(18-25-11-7-6-8-12-25)34(20-26-14-16-27(32)17-15-26)30(36)21-35(40(5,38)39)28-13-9-10-23(3)24(28)4/h6-17,22,29H,18-21H2,1-5H3,(H,33,37)/t29-/m0/s1. The first-order valence-electron chi connectivity index (χ1n) is 13.3. The SMILES string of the molecule is Cc1cccc(N(CC(=O)N(Cc2ccc(F)cc2)[C@@H](Cc2ccccc2)C(=O)NCC(C)C)S(C)(=O)=O)c1C. The second-order valence-electron chi connectivity index (χ2n) is 10.5. The normalized spacial score (nSPS) is 12.2. The molecule has 0 aliphatic rings. The second-order valence-corrected chi connectivity index (χ2v) is 12.4. The number of sulfonamides is 1. The van der Waals surface area contributed by atoms with Crippen molar-refractivity contribution >= 4 is 27.5 Å². The third-order valence-electron chi connectivity index (χ3n) is 6.75. The van der Waals surface area contributed by atoms with Crippen molar-refractivity contribution in [1.82, 2.24) is 10.2 Å². The summed E-state index contributed by atoms with van der Waals surface area (Å²) in [4.78, 5) is 29.1. The Bertz CT molecular complexity index is 1410. The summed E-state index contributed by atoms with van der Waals surface area (Å²) in [5.74, 6) is -1.12. The molecule has 7 nitrogen and oxygen atoms in total. The summed E-state index contributed by atoms with van der Waals surface area (Å²) >= 11 is 0. The molecule has 214 valence electrons. The molecule has 9 heteroatoms. The zero-order chi connectivity index (χ0) is 29.4. The molecule has 0 fully saturated rings. The van der Waals surface area contributed by atoms with Crippen LogP contribution < -0.4 is 9.62 Å². The fourth-order valence-electron chi connectivity index (χ4n) is 4.36. The van der Waals surface area contributed by atoms with Crippen molar-refractivity contribution in [2.75, 3.05) is 23.7 Å². The summed E-state index contributed by atoms with van der Waals surface area (Å²) in [6, 6.07) is 19.4. The van der Waals surface area contributed by atoms with E-state index in [0.29, 0.717) is 17.8 Å². The maximum atomic E-state index is 14.1. The van der Waals surface area contributed by atoms with Gasteiger partial charge in [-0.15, -0.1) is 0 Å². The molecule has 1 N–H and O–H groups in total. The largest absolute Gasteiger partial charge is 0.354 e. The Balaban J connectivity index is 2.07. The summed E-state index contributed by atoms with van der Waals surface area (Å²) in [6.07, 6.45) is 1.28. The Morgan fingerprint density at radius 3 is 2.15 bits per heavy atom. The van der Waals surface area contributed by atoms with Gasteiger partial charge < -0.3 is 10.2 Å². The number of rotatable bonds is 12. The first-order valence-corrected chi connectivity index (χ1v) is 15.1. The molecule has 0 aliphatic carbocycles. The number of hydrogen-bond acceptors (Lipinski definition) is 4. The minimum Gasteiger partial charge on any atom is -0.354 e. The average Bonchev–Trinajstić information content (AvgIpc) is 2.90. The average molecular weight is 568 g/mol. The van der Waals surface area contributed by atoms with Crippen molar-refractivity contribution < 1.29 is 22.4 Å². The third kappa shape index (κ3) is 8.39. The van der Waals surface area contributed by atoms with E-state index in [0.717, 1.165) is 27.3 Å². The number of benzene rings is 3. The molecule has 3 rings (SSSR count). The molecule has 0 radical (unpaired) electrons. The molecule has 2 amide bonds. The third-order valence-corrected chi connectivity index (χ3v) is 7.87. The summed E-state index contributed by atoms with van der Waals surface area (Å²) in [5, 5.41) is 2.94. The Hall–Kier alpha value is -3.72. The van der Waals surface area contributed by atoms with E-state index in [4.69, 9.17) is 0 Å². The highest BCUT2D eigenvalue weighted by Gasteiger charge is 2.33. The number of nitrogens with zero attached hydrogens (tertiary/aromatic N) is 2. The quantitative estimate of drug-likeness (QED) is 0.346. The van der Waals surface area contributed by atoms with Gasteiger partial charge in [0.05, 0.1) is 11.9 Å². The molecule has 0 aliphatic heterocycles. The summed E-state index contributed by atoms with van der Waals surface area (Å²) < 4.78 is 40.7. The fourth-order valence-corrected chi connectivity index (χ4v) is 5.26. The molecule has 0 heterocycles. The van der Waals surface area contributed by atoms with Crippen LogP contribution in [-0.2, 0) is 32.6 Å². The zero-order valence-corrected chi connectivity index (χ0v) is 24.5. The maximum absolute atomic E-state index is 14.1. The minimum atomic E-state index is -3.85. The van der Waals surface area contributed by atoms with Crippen LogP contribution in [0.1, 0.15) is 36.1 Å². The number of carbonyl (C=O) groups excluding carboxylic acids is 2. The first kappa shape index (κ1) is 30.8. The van der Waals surface area contributed by atoms with Crippen molar-refractivity contribution in [1.29, 1.82) is 0 Å². The van der Waals surface area contributed by atoms with Crippen molar-refractivity contribution in [2.24, 2.45) is 5.92 Å². The molecule has 0 bridgehead atoms. The molecule has 0 aromatic heterocycles. The van der Waals surface area contributed by atoms with Gasteiger partial charge in [-0.1, -0.05) is 68.4 Å². The van der Waals surface area contributed by atoms with Crippen LogP contribution in [0.3, 0.4) is 0 Å². The van der Waals surface area contributed by atoms with Gasteiger partial charge in [0.25, 0.3) is 0 Å². The van der Waals surface area contributed by atoms with Crippen LogP contribution in [0.25, 0.3) is 0 Å². The smallest absolute Gasteiger partial charge is 0.244 e. The minimum absolute atomic E-state index is 0.00386. The maximum Gasteiger partial charge on any atom is 0.244 e. The van der Waals surface area contributed by atoms with Crippen LogP contribution in [-0.4, -0.2) is 50.5 Å². The number of aryl methyl sites for hydroxylation is 1. The van der Waals surface area contributed by atoms with E-state index in [9.17, 15) is 22.4 Å². The highest BCUT2D eigenvalue weighted by atomic mass is 32.2. The van der Waals surface area contributed by atoms with Gasteiger partial charge >= 0.3 is 0 Å². The monoisotopic (exact) mass is 567 g/mol. The molecule has 1 atom stereocenters. The van der Waals surface area contributed by atoms with Crippen molar-refractivity contribution in [3.63, 3.8) is 0 Å². The summed E-state index contributed by atoms with van der Waals surface area (Å²) in [6.45, 7) is 7.55. The molecule has 3 aromatic rings. The lowest BCUT2D eigenvalue weighted by molar-refractivity contribution is -0.140.